The maximum Gasteiger partial charge on any atom is 0.256 e. The number of aliphatic hydroxyl groups is 1. The van der Waals surface area contributed by atoms with Crippen molar-refractivity contribution in [1.29, 1.82) is 0 Å². The van der Waals surface area contributed by atoms with Crippen LogP contribution in [0.2, 0.25) is 0 Å². The third kappa shape index (κ3) is 6.03. The molecule has 0 saturated heterocycles. The minimum atomic E-state index is -1.02. The van der Waals surface area contributed by atoms with Crippen molar-refractivity contribution in [2.45, 2.75) is 17.7 Å². The highest BCUT2D eigenvalue weighted by Crippen LogP contribution is 2.43. The number of ether oxygens (including phenoxy) is 3. The number of carbonyl (C=O) groups is 1. The number of hydrogen-bond donors (Lipinski definition) is 2. The molecule has 1 aliphatic rings. The lowest BCUT2D eigenvalue weighted by molar-refractivity contribution is -0.0275. The van der Waals surface area contributed by atoms with Gasteiger partial charge in [0.2, 0.25) is 0 Å². The molecule has 0 spiro atoms. The van der Waals surface area contributed by atoms with Gasteiger partial charge in [-0.15, -0.1) is 0 Å². The van der Waals surface area contributed by atoms with Crippen molar-refractivity contribution in [3.8, 4) is 11.5 Å². The lowest BCUT2D eigenvalue weighted by Crippen LogP contribution is -2.36. The van der Waals surface area contributed by atoms with E-state index < -0.39 is 17.7 Å². The molecule has 0 saturated carbocycles. The summed E-state index contributed by atoms with van der Waals surface area (Å²) < 4.78 is 19.8. The SMILES string of the molecule is COc1ccc(C(OC[C@H]2C=C[C@@H](n3cnc4c(NC(=O)c5ccccc5)ncnc43)[C@@H]2O)(c2ccccc2)c2ccc(OC)cc2)cc1. The van der Waals surface area contributed by atoms with E-state index in [1.807, 2.05) is 97.1 Å². The van der Waals surface area contributed by atoms with Gasteiger partial charge in [0, 0.05) is 11.5 Å². The molecule has 6 aromatic rings. The van der Waals surface area contributed by atoms with Gasteiger partial charge in [0.05, 0.1) is 39.3 Å². The van der Waals surface area contributed by atoms with Gasteiger partial charge in [-0.25, -0.2) is 15.0 Å². The van der Waals surface area contributed by atoms with Gasteiger partial charge in [0.25, 0.3) is 5.91 Å². The molecule has 10 nitrogen and oxygen atoms in total. The van der Waals surface area contributed by atoms with E-state index in [4.69, 9.17) is 14.2 Å². The molecule has 7 rings (SSSR count). The molecule has 1 aliphatic carbocycles. The van der Waals surface area contributed by atoms with Crippen molar-refractivity contribution in [3.63, 3.8) is 0 Å². The summed E-state index contributed by atoms with van der Waals surface area (Å²) in [6.45, 7) is 0.196. The number of hydrogen-bond acceptors (Lipinski definition) is 8. The fourth-order valence-electron chi connectivity index (χ4n) is 6.38. The van der Waals surface area contributed by atoms with E-state index in [2.05, 4.69) is 20.3 Å². The van der Waals surface area contributed by atoms with E-state index in [-0.39, 0.29) is 18.4 Å². The summed E-state index contributed by atoms with van der Waals surface area (Å²) in [5.41, 5.74) is 3.13. The normalized spacial score (nSPS) is 17.2. The van der Waals surface area contributed by atoms with E-state index in [0.29, 0.717) is 22.5 Å². The van der Waals surface area contributed by atoms with Crippen molar-refractivity contribution in [2.75, 3.05) is 26.1 Å². The number of fused-ring (bicyclic) bond motifs is 1. The molecule has 0 unspecified atom stereocenters. The number of aromatic nitrogens is 4. The molecule has 2 aromatic heterocycles. The van der Waals surface area contributed by atoms with Gasteiger partial charge in [-0.3, -0.25) is 4.79 Å². The van der Waals surface area contributed by atoms with E-state index in [1.165, 1.54) is 6.33 Å². The summed E-state index contributed by atoms with van der Waals surface area (Å²) in [5.74, 6) is 1.10. The van der Waals surface area contributed by atoms with Crippen LogP contribution in [-0.2, 0) is 10.3 Å². The van der Waals surface area contributed by atoms with Crippen molar-refractivity contribution in [2.24, 2.45) is 5.92 Å². The summed E-state index contributed by atoms with van der Waals surface area (Å²) in [6.07, 6.45) is 6.05. The highest BCUT2D eigenvalue weighted by Gasteiger charge is 2.41. The van der Waals surface area contributed by atoms with Crippen LogP contribution in [-0.4, -0.2) is 57.5 Å². The van der Waals surface area contributed by atoms with E-state index in [0.717, 1.165) is 28.2 Å². The van der Waals surface area contributed by atoms with E-state index >= 15 is 0 Å². The molecule has 3 atom stereocenters. The maximum absolute atomic E-state index is 12.9. The van der Waals surface area contributed by atoms with Gasteiger partial charge in [0.15, 0.2) is 17.0 Å². The zero-order valence-electron chi connectivity index (χ0n) is 27.0. The fourth-order valence-corrected chi connectivity index (χ4v) is 6.38. The summed E-state index contributed by atoms with van der Waals surface area (Å²) in [5, 5.41) is 14.6. The Hall–Kier alpha value is -5.84. The monoisotopic (exact) mass is 653 g/mol. The van der Waals surface area contributed by atoms with Gasteiger partial charge in [-0.1, -0.05) is 84.9 Å². The molecular formula is C39H35N5O5. The Labute approximate surface area is 283 Å². The first-order valence-electron chi connectivity index (χ1n) is 15.9. The third-order valence-corrected chi connectivity index (χ3v) is 8.96. The van der Waals surface area contributed by atoms with Crippen LogP contribution in [0.1, 0.15) is 33.1 Å². The smallest absolute Gasteiger partial charge is 0.256 e. The van der Waals surface area contributed by atoms with Crippen LogP contribution in [0.3, 0.4) is 0 Å². The van der Waals surface area contributed by atoms with Crippen LogP contribution in [0.4, 0.5) is 5.82 Å². The van der Waals surface area contributed by atoms with Crippen molar-refractivity contribution >= 4 is 22.9 Å². The molecule has 0 radical (unpaired) electrons. The predicted molar refractivity (Wildman–Crippen MR) is 186 cm³/mol. The first-order chi connectivity index (χ1) is 24.0. The van der Waals surface area contributed by atoms with Gasteiger partial charge in [-0.05, 0) is 53.1 Å². The lowest BCUT2D eigenvalue weighted by atomic mass is 9.80. The second-order valence-electron chi connectivity index (χ2n) is 11.7. The van der Waals surface area contributed by atoms with Gasteiger partial charge in [-0.2, -0.15) is 0 Å². The number of nitrogens with one attached hydrogen (secondary N) is 1. The van der Waals surface area contributed by atoms with Crippen LogP contribution in [0.25, 0.3) is 11.2 Å². The quantitative estimate of drug-likeness (QED) is 0.125. The molecule has 0 bridgehead atoms. The van der Waals surface area contributed by atoms with Crippen LogP contribution in [0, 0.1) is 5.92 Å². The first kappa shape index (κ1) is 31.7. The topological polar surface area (TPSA) is 121 Å². The van der Waals surface area contributed by atoms with Crippen molar-refractivity contribution in [1.82, 2.24) is 19.5 Å². The Morgan fingerprint density at radius 1 is 0.776 bits per heavy atom. The minimum Gasteiger partial charge on any atom is -0.497 e. The molecule has 246 valence electrons. The number of methoxy groups -OCH3 is 2. The molecule has 0 aliphatic heterocycles. The lowest BCUT2D eigenvalue weighted by Gasteiger charge is -2.37. The molecule has 2 heterocycles. The summed E-state index contributed by atoms with van der Waals surface area (Å²) >= 11 is 0. The molecule has 4 aromatic carbocycles. The Balaban J connectivity index is 1.18. The Kier molecular flexibility index (Phi) is 8.89. The zero-order chi connectivity index (χ0) is 33.8. The first-order valence-corrected chi connectivity index (χ1v) is 15.9. The highest BCUT2D eigenvalue weighted by molar-refractivity contribution is 6.06. The van der Waals surface area contributed by atoms with E-state index in [1.54, 1.807) is 49.4 Å². The van der Waals surface area contributed by atoms with Gasteiger partial charge in [0.1, 0.15) is 23.4 Å². The number of nitrogens with zero attached hydrogens (tertiary/aromatic N) is 4. The van der Waals surface area contributed by atoms with Crippen LogP contribution < -0.4 is 14.8 Å². The molecule has 0 fully saturated rings. The second kappa shape index (κ2) is 13.7. The van der Waals surface area contributed by atoms with Crippen LogP contribution >= 0.6 is 0 Å². The standard InChI is InChI=1S/C39H35N5O5/c1-47-31-18-14-29(15-19-31)39(28-11-7-4-8-12-28,30-16-20-32(48-2)21-17-30)49-23-27-13-22-33(35(27)45)44-25-42-34-36(40-24-41-37(34)44)43-38(46)26-9-5-3-6-10-26/h3-22,24-25,27,33,35,45H,23H2,1-2H3,(H,40,41,43,46)/t27-,33-,35-/m1/s1. The van der Waals surface area contributed by atoms with Crippen molar-refractivity contribution in [3.05, 3.63) is 156 Å². The molecule has 49 heavy (non-hydrogen) atoms. The number of aliphatic hydroxyl groups excluding tert-OH is 1. The average molecular weight is 654 g/mol. The number of amides is 1. The molecular weight excluding hydrogens is 618 g/mol. The summed E-state index contributed by atoms with van der Waals surface area (Å²) in [4.78, 5) is 26.1. The second-order valence-corrected chi connectivity index (χ2v) is 11.7. The van der Waals surface area contributed by atoms with E-state index in [9.17, 15) is 9.90 Å². The summed E-state index contributed by atoms with van der Waals surface area (Å²) in [7, 11) is 3.28. The number of imidazole rings is 1. The third-order valence-electron chi connectivity index (χ3n) is 8.96. The predicted octanol–water partition coefficient (Wildman–Crippen LogP) is 6.19. The minimum absolute atomic E-state index is 0.196. The number of rotatable bonds is 11. The molecule has 10 heteroatoms. The maximum atomic E-state index is 12.9. The number of benzene rings is 4. The highest BCUT2D eigenvalue weighted by atomic mass is 16.5. The summed E-state index contributed by atoms with van der Waals surface area (Å²) in [6, 6.07) is 34.2. The van der Waals surface area contributed by atoms with Crippen LogP contribution in [0.5, 0.6) is 11.5 Å². The zero-order valence-corrected chi connectivity index (χ0v) is 27.0. The van der Waals surface area contributed by atoms with Gasteiger partial charge < -0.3 is 29.2 Å². The fraction of sp³-hybridized carbons (Fsp3) is 0.179. The number of anilines is 1. The Morgan fingerprint density at radius 3 is 1.98 bits per heavy atom. The van der Waals surface area contributed by atoms with Crippen molar-refractivity contribution < 1.29 is 24.1 Å². The van der Waals surface area contributed by atoms with Gasteiger partial charge >= 0.3 is 0 Å². The number of carbonyl (C=O) groups excluding carboxylic acids is 1. The Bertz CT molecular complexity index is 2020. The largest absolute Gasteiger partial charge is 0.497 e. The Morgan fingerprint density at radius 2 is 1.37 bits per heavy atom. The molecule has 1 amide bonds. The average Bonchev–Trinajstić information content (AvgIpc) is 3.76. The van der Waals surface area contributed by atoms with Crippen LogP contribution in [0.15, 0.2) is 134 Å². The molecule has 2 N–H and O–H groups in total.